The maximum absolute atomic E-state index is 10.5. The van der Waals surface area contributed by atoms with Crippen molar-refractivity contribution < 1.29 is 23.7 Å². The molecule has 1 aliphatic rings. The summed E-state index contributed by atoms with van der Waals surface area (Å²) in [6.07, 6.45) is 0.369. The van der Waals surface area contributed by atoms with Gasteiger partial charge in [0, 0.05) is 19.6 Å². The molecule has 0 aromatic heterocycles. The van der Waals surface area contributed by atoms with Gasteiger partial charge in [0.1, 0.15) is 12.3 Å². The van der Waals surface area contributed by atoms with E-state index in [0.29, 0.717) is 24.6 Å². The summed E-state index contributed by atoms with van der Waals surface area (Å²) in [6, 6.07) is 10.1. The molecule has 0 saturated heterocycles. The topological polar surface area (TPSA) is 57.2 Å². The van der Waals surface area contributed by atoms with Crippen molar-refractivity contribution in [2.24, 2.45) is 11.8 Å². The Balaban J connectivity index is 0.00000103. The molecule has 7 heteroatoms. The first-order chi connectivity index (χ1) is 14.0. The molecule has 0 bridgehead atoms. The second kappa shape index (κ2) is 13.3. The van der Waals surface area contributed by atoms with Crippen LogP contribution >= 0.6 is 15.9 Å². The molecule has 174 valence electrons. The minimum Gasteiger partial charge on any atom is -0.416 e. The number of aliphatic hydroxyl groups is 1. The van der Waals surface area contributed by atoms with Gasteiger partial charge in [0.25, 0.3) is 0 Å². The summed E-state index contributed by atoms with van der Waals surface area (Å²) in [5.74, 6) is 0.317. The highest BCUT2D eigenvalue weighted by atomic mass is 79.9. The van der Waals surface area contributed by atoms with E-state index in [0.717, 1.165) is 12.0 Å². The highest BCUT2D eigenvalue weighted by molar-refractivity contribution is 9.09. The number of alkyl halides is 1. The van der Waals surface area contributed by atoms with Crippen molar-refractivity contribution in [3.8, 4) is 0 Å². The van der Waals surface area contributed by atoms with Gasteiger partial charge < -0.3 is 23.7 Å². The van der Waals surface area contributed by atoms with E-state index < -0.39 is 8.32 Å². The van der Waals surface area contributed by atoms with Gasteiger partial charge in [0.2, 0.25) is 0 Å². The van der Waals surface area contributed by atoms with Gasteiger partial charge in [-0.1, -0.05) is 74.0 Å². The normalized spacial score (nSPS) is 24.4. The third-order valence-electron chi connectivity index (χ3n) is 6.10. The van der Waals surface area contributed by atoms with E-state index in [4.69, 9.17) is 13.9 Å². The van der Waals surface area contributed by atoms with Crippen LogP contribution in [0.15, 0.2) is 30.3 Å². The first-order valence-electron chi connectivity index (χ1n) is 10.6. The standard InChI is InChI=1S/C21H36O4Si.C2H5BrO/c1-16-12-19(22)18(14-25-26(5,6)21(2,3)4)20(16)24-15-23-13-17-10-8-7-9-11-17;1-4-2-3/h7-11,16,18-20,22H,12-15H2,1-6H3;2H2,1H3/t16?,18-,19?,20-;/m1./s1. The molecule has 0 aliphatic heterocycles. The Hall–Kier alpha value is -0.283. The van der Waals surface area contributed by atoms with Crippen molar-refractivity contribution >= 4 is 24.2 Å². The van der Waals surface area contributed by atoms with E-state index in [1.165, 1.54) is 0 Å². The number of rotatable bonds is 9. The van der Waals surface area contributed by atoms with Gasteiger partial charge in [-0.2, -0.15) is 0 Å². The molecule has 1 aliphatic carbocycles. The Labute approximate surface area is 192 Å². The average Bonchev–Trinajstić information content (AvgIpc) is 2.96. The molecular weight excluding hydrogens is 464 g/mol. The smallest absolute Gasteiger partial charge is 0.191 e. The third kappa shape index (κ3) is 9.07. The van der Waals surface area contributed by atoms with Crippen molar-refractivity contribution in [2.75, 3.05) is 26.0 Å². The highest BCUT2D eigenvalue weighted by Crippen LogP contribution is 2.39. The van der Waals surface area contributed by atoms with Gasteiger partial charge in [-0.15, -0.1) is 0 Å². The largest absolute Gasteiger partial charge is 0.416 e. The van der Waals surface area contributed by atoms with Gasteiger partial charge >= 0.3 is 0 Å². The summed E-state index contributed by atoms with van der Waals surface area (Å²) in [6.45, 7) is 14.7. The molecule has 0 heterocycles. The second-order valence-electron chi connectivity index (χ2n) is 9.50. The van der Waals surface area contributed by atoms with Crippen molar-refractivity contribution in [3.63, 3.8) is 0 Å². The van der Waals surface area contributed by atoms with Gasteiger partial charge in [-0.05, 0) is 36.0 Å². The van der Waals surface area contributed by atoms with Crippen molar-refractivity contribution in [3.05, 3.63) is 35.9 Å². The maximum Gasteiger partial charge on any atom is 0.191 e. The van der Waals surface area contributed by atoms with Crippen LogP contribution in [0.5, 0.6) is 0 Å². The molecule has 5 nitrogen and oxygen atoms in total. The summed E-state index contributed by atoms with van der Waals surface area (Å²) in [7, 11) is -0.200. The van der Waals surface area contributed by atoms with Crippen molar-refractivity contribution in [1.82, 2.24) is 0 Å². The first-order valence-corrected chi connectivity index (χ1v) is 14.7. The lowest BCUT2D eigenvalue weighted by Crippen LogP contribution is -2.44. The molecule has 0 radical (unpaired) electrons. The molecule has 0 spiro atoms. The van der Waals surface area contributed by atoms with Crippen LogP contribution in [0.4, 0.5) is 0 Å². The van der Waals surface area contributed by atoms with Crippen LogP contribution < -0.4 is 0 Å². The Morgan fingerprint density at radius 3 is 2.30 bits per heavy atom. The summed E-state index contributed by atoms with van der Waals surface area (Å²) in [4.78, 5) is 0. The fourth-order valence-corrected chi connectivity index (χ4v) is 4.25. The number of benzene rings is 1. The van der Waals surface area contributed by atoms with Gasteiger partial charge in [-0.25, -0.2) is 0 Å². The van der Waals surface area contributed by atoms with E-state index in [2.05, 4.69) is 61.5 Å². The van der Waals surface area contributed by atoms with Gasteiger partial charge in [0.05, 0.1) is 18.8 Å². The number of ether oxygens (including phenoxy) is 3. The lowest BCUT2D eigenvalue weighted by molar-refractivity contribution is -0.125. The van der Waals surface area contributed by atoms with Crippen LogP contribution in [0.1, 0.15) is 39.7 Å². The number of aliphatic hydroxyl groups excluding tert-OH is 1. The fourth-order valence-electron chi connectivity index (χ4n) is 3.21. The molecule has 1 fully saturated rings. The Bertz CT molecular complexity index is 577. The lowest BCUT2D eigenvalue weighted by Gasteiger charge is -2.38. The Morgan fingerprint density at radius 2 is 1.77 bits per heavy atom. The highest BCUT2D eigenvalue weighted by Gasteiger charge is 2.44. The first kappa shape index (κ1) is 27.8. The zero-order valence-corrected chi connectivity index (χ0v) is 22.3. The number of hydrogen-bond acceptors (Lipinski definition) is 5. The van der Waals surface area contributed by atoms with Crippen LogP contribution in [0.2, 0.25) is 18.1 Å². The number of halogens is 1. The quantitative estimate of drug-likeness (QED) is 0.206. The van der Waals surface area contributed by atoms with Crippen molar-refractivity contribution in [1.29, 1.82) is 0 Å². The molecule has 1 aromatic carbocycles. The van der Waals surface area contributed by atoms with Crippen LogP contribution in [0.3, 0.4) is 0 Å². The Kier molecular flexibility index (Phi) is 12.3. The van der Waals surface area contributed by atoms with E-state index in [-0.39, 0.29) is 30.0 Å². The molecule has 30 heavy (non-hydrogen) atoms. The van der Waals surface area contributed by atoms with Crippen LogP contribution in [0, 0.1) is 11.8 Å². The van der Waals surface area contributed by atoms with Gasteiger partial charge in [0.15, 0.2) is 8.32 Å². The summed E-state index contributed by atoms with van der Waals surface area (Å²) in [5.41, 5.74) is 1.76. The summed E-state index contributed by atoms with van der Waals surface area (Å²) >= 11 is 3.03. The molecule has 1 N–H and O–H groups in total. The summed E-state index contributed by atoms with van der Waals surface area (Å²) in [5, 5.41) is 10.6. The minimum absolute atomic E-state index is 0.0134. The summed E-state index contributed by atoms with van der Waals surface area (Å²) < 4.78 is 22.5. The monoisotopic (exact) mass is 504 g/mol. The van der Waals surface area contributed by atoms with E-state index >= 15 is 0 Å². The second-order valence-corrected chi connectivity index (χ2v) is 14.8. The van der Waals surface area contributed by atoms with Crippen molar-refractivity contribution in [2.45, 2.75) is 71.1 Å². The predicted molar refractivity (Wildman–Crippen MR) is 128 cm³/mol. The third-order valence-corrected chi connectivity index (χ3v) is 11.1. The Morgan fingerprint density at radius 1 is 1.17 bits per heavy atom. The average molecular weight is 506 g/mol. The lowest BCUT2D eigenvalue weighted by atomic mass is 10.0. The molecule has 4 atom stereocenters. The van der Waals surface area contributed by atoms with E-state index in [1.54, 1.807) is 7.11 Å². The molecule has 2 unspecified atom stereocenters. The molecule has 0 amide bonds. The predicted octanol–water partition coefficient (Wildman–Crippen LogP) is 5.57. The van der Waals surface area contributed by atoms with E-state index in [9.17, 15) is 5.11 Å². The molecule has 1 aromatic rings. The zero-order valence-electron chi connectivity index (χ0n) is 19.7. The number of hydrogen-bond donors (Lipinski definition) is 1. The van der Waals surface area contributed by atoms with E-state index in [1.807, 2.05) is 30.3 Å². The SMILES string of the molecule is CC1CC(O)[C@@H](CO[Si](C)(C)C(C)(C)C)[C@@H]1OCOCc1ccccc1.COCBr. The maximum atomic E-state index is 10.5. The molecule has 2 rings (SSSR count). The zero-order chi connectivity index (χ0) is 22.8. The fraction of sp³-hybridized carbons (Fsp3) is 0.739. The molecule has 1 saturated carbocycles. The van der Waals surface area contributed by atoms with Crippen LogP contribution in [-0.4, -0.2) is 51.7 Å². The number of methoxy groups -OCH3 is 1. The molecular formula is C23H41BrO5Si. The van der Waals surface area contributed by atoms with Gasteiger partial charge in [-0.3, -0.25) is 0 Å². The van der Waals surface area contributed by atoms with Crippen LogP contribution in [0.25, 0.3) is 0 Å². The minimum atomic E-state index is -1.83. The van der Waals surface area contributed by atoms with Crippen LogP contribution in [-0.2, 0) is 25.2 Å².